The lowest BCUT2D eigenvalue weighted by atomic mass is 9.61. The number of aliphatic hydroxyl groups excluding tert-OH is 1. The molecule has 0 aliphatic heterocycles. The van der Waals surface area contributed by atoms with Gasteiger partial charge in [0.05, 0.1) is 35.4 Å². The number of anilines is 1. The van der Waals surface area contributed by atoms with Crippen LogP contribution in [0.2, 0.25) is 0 Å². The van der Waals surface area contributed by atoms with Gasteiger partial charge in [-0.15, -0.1) is 11.3 Å². The van der Waals surface area contributed by atoms with Crippen LogP contribution in [-0.4, -0.2) is 41.7 Å². The van der Waals surface area contributed by atoms with Gasteiger partial charge in [-0.1, -0.05) is 0 Å². The number of aliphatic hydroxyl groups is 1. The van der Waals surface area contributed by atoms with Gasteiger partial charge in [0.25, 0.3) is 0 Å². The molecule has 0 radical (unpaired) electrons. The Balaban J connectivity index is 1.51. The van der Waals surface area contributed by atoms with Crippen molar-refractivity contribution in [3.8, 4) is 11.4 Å². The summed E-state index contributed by atoms with van der Waals surface area (Å²) >= 11 is 1.46. The summed E-state index contributed by atoms with van der Waals surface area (Å²) < 4.78 is 15.9. The van der Waals surface area contributed by atoms with E-state index in [4.69, 9.17) is 9.97 Å². The monoisotopic (exact) mass is 481 g/mol. The van der Waals surface area contributed by atoms with Crippen molar-refractivity contribution in [1.29, 1.82) is 0 Å². The highest BCUT2D eigenvalue weighted by atomic mass is 32.1. The van der Waals surface area contributed by atoms with Crippen molar-refractivity contribution >= 4 is 44.4 Å². The van der Waals surface area contributed by atoms with Gasteiger partial charge in [-0.05, 0) is 55.0 Å². The van der Waals surface area contributed by atoms with Crippen LogP contribution in [0.4, 0.5) is 10.2 Å². The first-order valence-electron chi connectivity index (χ1n) is 11.4. The number of fused-ring (bicyclic) bond motifs is 5. The average Bonchev–Trinajstić information content (AvgIpc) is 3.41. The molecule has 10 heteroatoms. The van der Waals surface area contributed by atoms with Gasteiger partial charge in [-0.2, -0.15) is 0 Å². The van der Waals surface area contributed by atoms with Gasteiger partial charge in [0.2, 0.25) is 0 Å². The highest BCUT2D eigenvalue weighted by Gasteiger charge is 2.47. The van der Waals surface area contributed by atoms with E-state index in [1.807, 2.05) is 11.4 Å². The van der Waals surface area contributed by atoms with Crippen LogP contribution in [0.3, 0.4) is 0 Å². The van der Waals surface area contributed by atoms with Crippen LogP contribution in [0.1, 0.15) is 31.4 Å². The summed E-state index contributed by atoms with van der Waals surface area (Å²) in [7, 11) is 1.77. The van der Waals surface area contributed by atoms with Crippen LogP contribution in [0.15, 0.2) is 23.7 Å². The number of carboxylic acids is 1. The molecular formula is C24H24FN5O3S. The Morgan fingerprint density at radius 1 is 1.24 bits per heavy atom. The van der Waals surface area contributed by atoms with E-state index in [9.17, 15) is 19.4 Å². The fraction of sp³-hybridized carbons (Fsp3) is 0.417. The summed E-state index contributed by atoms with van der Waals surface area (Å²) in [4.78, 5) is 26.7. The van der Waals surface area contributed by atoms with Gasteiger partial charge in [-0.25, -0.2) is 19.3 Å². The molecule has 176 valence electrons. The Labute approximate surface area is 198 Å². The van der Waals surface area contributed by atoms with Crippen molar-refractivity contribution in [2.45, 2.75) is 38.3 Å². The molecule has 0 amide bonds. The first kappa shape index (κ1) is 21.4. The lowest BCUT2D eigenvalue weighted by molar-refractivity contribution is -0.148. The van der Waals surface area contributed by atoms with E-state index in [1.165, 1.54) is 17.4 Å². The molecule has 7 rings (SSSR count). The number of nitrogens with one attached hydrogen (secondary N) is 1. The van der Waals surface area contributed by atoms with E-state index >= 15 is 0 Å². The fourth-order valence-corrected chi connectivity index (χ4v) is 6.78. The smallest absolute Gasteiger partial charge is 0.308 e. The van der Waals surface area contributed by atoms with Gasteiger partial charge in [0, 0.05) is 18.5 Å². The summed E-state index contributed by atoms with van der Waals surface area (Å²) in [6.45, 7) is -0.286. The zero-order valence-corrected chi connectivity index (χ0v) is 19.3. The van der Waals surface area contributed by atoms with Gasteiger partial charge in [-0.3, -0.25) is 4.79 Å². The van der Waals surface area contributed by atoms with Gasteiger partial charge >= 0.3 is 5.97 Å². The molecule has 2 bridgehead atoms. The number of carboxylic acid groups (broad SMARTS) is 1. The first-order valence-corrected chi connectivity index (χ1v) is 12.3. The van der Waals surface area contributed by atoms with Crippen molar-refractivity contribution in [3.05, 3.63) is 35.2 Å². The SMILES string of the molecule is Cn1c(CO)c(-c2nc(N[C@H]3C4CCC(CC4)[C@@H]3C(=O)O)c3ccsc3n2)c2cc(F)cnc21. The highest BCUT2D eigenvalue weighted by molar-refractivity contribution is 7.16. The summed E-state index contributed by atoms with van der Waals surface area (Å²) in [5.41, 5.74) is 1.60. The average molecular weight is 482 g/mol. The van der Waals surface area contributed by atoms with Crippen molar-refractivity contribution in [2.24, 2.45) is 24.8 Å². The molecule has 3 fully saturated rings. The highest BCUT2D eigenvalue weighted by Crippen LogP contribution is 2.47. The zero-order chi connectivity index (χ0) is 23.6. The Morgan fingerprint density at radius 3 is 2.74 bits per heavy atom. The maximum absolute atomic E-state index is 14.1. The predicted octanol–water partition coefficient (Wildman–Crippen LogP) is 4.18. The summed E-state index contributed by atoms with van der Waals surface area (Å²) in [6.07, 6.45) is 5.08. The number of nitrogens with zero attached hydrogens (tertiary/aromatic N) is 4. The van der Waals surface area contributed by atoms with E-state index in [0.29, 0.717) is 33.9 Å². The van der Waals surface area contributed by atoms with E-state index < -0.39 is 17.7 Å². The fourth-order valence-electron chi connectivity index (χ4n) is 6.02. The number of hydrogen-bond donors (Lipinski definition) is 3. The third-order valence-electron chi connectivity index (χ3n) is 7.62. The molecule has 3 N–H and O–H groups in total. The Bertz CT molecular complexity index is 1430. The number of halogens is 1. The molecule has 3 aliphatic carbocycles. The maximum Gasteiger partial charge on any atom is 0.308 e. The summed E-state index contributed by atoms with van der Waals surface area (Å²) in [5, 5.41) is 26.9. The van der Waals surface area contributed by atoms with Crippen molar-refractivity contribution < 1.29 is 19.4 Å². The van der Waals surface area contributed by atoms with Crippen molar-refractivity contribution in [3.63, 3.8) is 0 Å². The van der Waals surface area contributed by atoms with Crippen LogP contribution in [0, 0.1) is 23.6 Å². The molecule has 2 atom stereocenters. The van der Waals surface area contributed by atoms with Crippen LogP contribution in [-0.2, 0) is 18.4 Å². The van der Waals surface area contributed by atoms with E-state index in [1.54, 1.807) is 11.6 Å². The number of carbonyl (C=O) groups is 1. The molecule has 3 saturated carbocycles. The molecule has 4 heterocycles. The van der Waals surface area contributed by atoms with Crippen molar-refractivity contribution in [2.75, 3.05) is 5.32 Å². The number of aromatic nitrogens is 4. The Morgan fingerprint density at radius 2 is 2.00 bits per heavy atom. The van der Waals surface area contributed by atoms with E-state index in [-0.39, 0.29) is 24.5 Å². The van der Waals surface area contributed by atoms with E-state index in [0.717, 1.165) is 42.1 Å². The Hall–Kier alpha value is -3.11. The molecule has 8 nitrogen and oxygen atoms in total. The number of hydrogen-bond acceptors (Lipinski definition) is 7. The molecular weight excluding hydrogens is 457 g/mol. The lowest BCUT2D eigenvalue weighted by Crippen LogP contribution is -2.51. The number of pyridine rings is 1. The predicted molar refractivity (Wildman–Crippen MR) is 127 cm³/mol. The number of rotatable bonds is 5. The number of aryl methyl sites for hydroxylation is 1. The molecule has 34 heavy (non-hydrogen) atoms. The summed E-state index contributed by atoms with van der Waals surface area (Å²) in [5.74, 6) is -0.316. The molecule has 4 aromatic heterocycles. The third-order valence-corrected chi connectivity index (χ3v) is 8.43. The topological polar surface area (TPSA) is 113 Å². The molecule has 0 saturated heterocycles. The minimum absolute atomic E-state index is 0.174. The lowest BCUT2D eigenvalue weighted by Gasteiger charge is -2.47. The standard InChI is InChI=1S/C24H24FN5O3S/c1-30-16(10-31)18(15-8-13(25)9-26-22(15)30)21-28-20(14-6-7-34-23(14)29-21)27-19-12-4-2-11(3-5-12)17(19)24(32)33/h6-9,11-12,17,19,31H,2-5,10H2,1H3,(H,32,33)(H,27,28,29)/t11?,12?,17-,19-/m0/s1. The van der Waals surface area contributed by atoms with E-state index in [2.05, 4.69) is 10.3 Å². The Kier molecular flexibility index (Phi) is 5.03. The van der Waals surface area contributed by atoms with Crippen molar-refractivity contribution in [1.82, 2.24) is 19.5 Å². The van der Waals surface area contributed by atoms with Crippen LogP contribution in [0.5, 0.6) is 0 Å². The normalized spacial score (nSPS) is 24.2. The molecule has 0 spiro atoms. The molecule has 4 aromatic rings. The minimum atomic E-state index is -0.763. The number of thiophene rings is 1. The first-order chi connectivity index (χ1) is 16.5. The third kappa shape index (κ3) is 3.19. The van der Waals surface area contributed by atoms with Gasteiger partial charge in [0.1, 0.15) is 22.1 Å². The quantitative estimate of drug-likeness (QED) is 0.392. The van der Waals surface area contributed by atoms with Gasteiger partial charge < -0.3 is 20.1 Å². The second kappa shape index (κ2) is 7.99. The molecule has 0 aromatic carbocycles. The minimum Gasteiger partial charge on any atom is -0.481 e. The van der Waals surface area contributed by atoms with Gasteiger partial charge in [0.15, 0.2) is 5.82 Å². The van der Waals surface area contributed by atoms with Crippen LogP contribution in [0.25, 0.3) is 32.6 Å². The second-order valence-electron chi connectivity index (χ2n) is 9.31. The van der Waals surface area contributed by atoms with Crippen LogP contribution >= 0.6 is 11.3 Å². The van der Waals surface area contributed by atoms with Crippen LogP contribution < -0.4 is 5.32 Å². The molecule has 0 unspecified atom stereocenters. The zero-order valence-electron chi connectivity index (χ0n) is 18.5. The number of aliphatic carboxylic acids is 1. The maximum atomic E-state index is 14.1. The molecule has 3 aliphatic rings. The second-order valence-corrected chi connectivity index (χ2v) is 10.2. The summed E-state index contributed by atoms with van der Waals surface area (Å²) in [6, 6.07) is 3.10. The largest absolute Gasteiger partial charge is 0.481 e.